The predicted molar refractivity (Wildman–Crippen MR) is 75.5 cm³/mol. The van der Waals surface area contributed by atoms with Gasteiger partial charge in [-0.3, -0.25) is 9.48 Å². The maximum Gasteiger partial charge on any atom is 0.435 e. The second-order valence-electron chi connectivity index (χ2n) is 4.83. The van der Waals surface area contributed by atoms with Gasteiger partial charge in [-0.1, -0.05) is 0 Å². The number of carbonyl (C=O) groups excluding carboxylic acids is 1. The first-order valence-corrected chi connectivity index (χ1v) is 6.68. The molecular formula is C14H15F3N4O2. The van der Waals surface area contributed by atoms with Crippen LogP contribution in [0.1, 0.15) is 24.2 Å². The highest BCUT2D eigenvalue weighted by Gasteiger charge is 2.34. The van der Waals surface area contributed by atoms with E-state index in [1.54, 1.807) is 12.1 Å². The van der Waals surface area contributed by atoms with E-state index in [1.165, 1.54) is 20.2 Å². The van der Waals surface area contributed by atoms with Crippen molar-refractivity contribution < 1.29 is 22.7 Å². The van der Waals surface area contributed by atoms with E-state index in [2.05, 4.69) is 15.4 Å². The first-order chi connectivity index (χ1) is 10.8. The van der Waals surface area contributed by atoms with Crippen molar-refractivity contribution in [2.24, 2.45) is 0 Å². The fourth-order valence-corrected chi connectivity index (χ4v) is 1.85. The molecule has 1 N–H and O–H groups in total. The van der Waals surface area contributed by atoms with E-state index in [9.17, 15) is 18.0 Å². The lowest BCUT2D eigenvalue weighted by Crippen LogP contribution is -2.25. The monoisotopic (exact) mass is 328 g/mol. The second-order valence-corrected chi connectivity index (χ2v) is 4.83. The fraction of sp³-hybridized carbons (Fsp3) is 0.357. The number of hydrogen-bond acceptors (Lipinski definition) is 4. The molecular weight excluding hydrogens is 313 g/mol. The van der Waals surface area contributed by atoms with Crippen LogP contribution in [0.25, 0.3) is 0 Å². The van der Waals surface area contributed by atoms with Gasteiger partial charge in [0, 0.05) is 19.5 Å². The summed E-state index contributed by atoms with van der Waals surface area (Å²) < 4.78 is 43.5. The summed E-state index contributed by atoms with van der Waals surface area (Å²) in [7, 11) is 1.54. The maximum absolute atomic E-state index is 12.5. The summed E-state index contributed by atoms with van der Waals surface area (Å²) >= 11 is 0. The number of carbonyl (C=O) groups is 1. The van der Waals surface area contributed by atoms with Gasteiger partial charge in [0.1, 0.15) is 11.9 Å². The highest BCUT2D eigenvalue weighted by molar-refractivity contribution is 5.92. The molecule has 2 rings (SSSR count). The minimum Gasteiger partial charge on any atom is -0.380 e. The van der Waals surface area contributed by atoms with E-state index in [0.29, 0.717) is 12.4 Å². The summed E-state index contributed by atoms with van der Waals surface area (Å²) in [5.41, 5.74) is -0.235. The van der Waals surface area contributed by atoms with Gasteiger partial charge in [-0.05, 0) is 30.7 Å². The molecule has 2 heterocycles. The molecule has 0 aliphatic carbocycles. The predicted octanol–water partition coefficient (Wildman–Crippen LogP) is 2.64. The third-order valence-corrected chi connectivity index (χ3v) is 3.06. The summed E-state index contributed by atoms with van der Waals surface area (Å²) in [5.74, 6) is -0.233. The van der Waals surface area contributed by atoms with E-state index in [-0.39, 0.29) is 0 Å². The molecule has 1 atom stereocenters. The van der Waals surface area contributed by atoms with Crippen molar-refractivity contribution in [3.63, 3.8) is 0 Å². The molecule has 6 nitrogen and oxygen atoms in total. The average molecular weight is 328 g/mol. The van der Waals surface area contributed by atoms with Crippen molar-refractivity contribution >= 4 is 11.7 Å². The lowest BCUT2D eigenvalue weighted by atomic mass is 10.2. The number of amides is 1. The normalized spacial score (nSPS) is 12.9. The molecule has 0 saturated heterocycles. The van der Waals surface area contributed by atoms with Gasteiger partial charge in [0.2, 0.25) is 5.91 Å². The molecule has 0 bridgehead atoms. The lowest BCUT2D eigenvalue weighted by molar-refractivity contribution is -0.141. The molecule has 0 aliphatic rings. The number of pyridine rings is 1. The topological polar surface area (TPSA) is 69.0 Å². The lowest BCUT2D eigenvalue weighted by Gasteiger charge is -2.13. The van der Waals surface area contributed by atoms with Crippen molar-refractivity contribution in [1.29, 1.82) is 0 Å². The van der Waals surface area contributed by atoms with Gasteiger partial charge in [0.05, 0.1) is 6.61 Å². The van der Waals surface area contributed by atoms with Gasteiger partial charge < -0.3 is 10.1 Å². The number of halogens is 3. The highest BCUT2D eigenvalue weighted by atomic mass is 19.4. The molecule has 0 saturated carbocycles. The van der Waals surface area contributed by atoms with E-state index in [1.807, 2.05) is 0 Å². The number of alkyl halides is 3. The van der Waals surface area contributed by atoms with Crippen molar-refractivity contribution in [2.45, 2.75) is 25.7 Å². The van der Waals surface area contributed by atoms with Gasteiger partial charge >= 0.3 is 6.18 Å². The zero-order chi connectivity index (χ0) is 17.0. The molecule has 0 aliphatic heterocycles. The highest BCUT2D eigenvalue weighted by Crippen LogP contribution is 2.27. The molecule has 124 valence electrons. The molecule has 9 heteroatoms. The number of aromatic nitrogens is 3. The van der Waals surface area contributed by atoms with Gasteiger partial charge in [-0.15, -0.1) is 0 Å². The van der Waals surface area contributed by atoms with Crippen LogP contribution in [0, 0.1) is 0 Å². The smallest absolute Gasteiger partial charge is 0.380 e. The Labute approximate surface area is 130 Å². The summed E-state index contributed by atoms with van der Waals surface area (Å²) in [4.78, 5) is 16.1. The van der Waals surface area contributed by atoms with Crippen LogP contribution in [0.2, 0.25) is 0 Å². The van der Waals surface area contributed by atoms with Gasteiger partial charge in [0.25, 0.3) is 0 Å². The molecule has 2 aromatic heterocycles. The Morgan fingerprint density at radius 1 is 1.43 bits per heavy atom. The number of anilines is 1. The molecule has 1 amide bonds. The summed E-state index contributed by atoms with van der Waals surface area (Å²) in [6.45, 7) is 1.80. The Kier molecular flexibility index (Phi) is 4.99. The standard InChI is InChI=1S/C14H15F3N4O2/c1-9(21-6-4-11(20-21)14(15,16)17)13(22)19-12-7-10(8-23-2)3-5-18-12/h3-7,9H,8H2,1-2H3,(H,18,19,22). The summed E-state index contributed by atoms with van der Waals surface area (Å²) in [5, 5.41) is 5.92. The van der Waals surface area contributed by atoms with Crippen LogP contribution >= 0.6 is 0 Å². The largest absolute Gasteiger partial charge is 0.435 e. The first kappa shape index (κ1) is 16.9. The zero-order valence-corrected chi connectivity index (χ0v) is 12.5. The van der Waals surface area contributed by atoms with Crippen LogP contribution < -0.4 is 5.32 Å². The van der Waals surface area contributed by atoms with Gasteiger partial charge in [0.15, 0.2) is 5.69 Å². The van der Waals surface area contributed by atoms with Crippen LogP contribution in [0.3, 0.4) is 0 Å². The number of methoxy groups -OCH3 is 1. The van der Waals surface area contributed by atoms with Gasteiger partial charge in [-0.25, -0.2) is 4.98 Å². The minimum absolute atomic E-state index is 0.291. The number of nitrogens with zero attached hydrogens (tertiary/aromatic N) is 3. The van der Waals surface area contributed by atoms with Crippen molar-refractivity contribution in [2.75, 3.05) is 12.4 Å². The Morgan fingerprint density at radius 2 is 2.17 bits per heavy atom. The number of rotatable bonds is 5. The maximum atomic E-state index is 12.5. The first-order valence-electron chi connectivity index (χ1n) is 6.68. The second kappa shape index (κ2) is 6.78. The molecule has 0 radical (unpaired) electrons. The molecule has 1 unspecified atom stereocenters. The molecule has 0 fully saturated rings. The van der Waals surface area contributed by atoms with Crippen LogP contribution in [0.5, 0.6) is 0 Å². The quantitative estimate of drug-likeness (QED) is 0.916. The van der Waals surface area contributed by atoms with Crippen molar-refractivity contribution in [1.82, 2.24) is 14.8 Å². The average Bonchev–Trinajstić information content (AvgIpc) is 2.97. The third kappa shape index (κ3) is 4.28. The molecule has 0 spiro atoms. The Bertz CT molecular complexity index is 685. The zero-order valence-electron chi connectivity index (χ0n) is 12.5. The number of ether oxygens (including phenoxy) is 1. The van der Waals surface area contributed by atoms with Crippen molar-refractivity contribution in [3.8, 4) is 0 Å². The Morgan fingerprint density at radius 3 is 2.78 bits per heavy atom. The third-order valence-electron chi connectivity index (χ3n) is 3.06. The molecule has 2 aromatic rings. The van der Waals surface area contributed by atoms with Crippen LogP contribution in [-0.2, 0) is 22.3 Å². The fourth-order valence-electron chi connectivity index (χ4n) is 1.85. The Balaban J connectivity index is 2.08. The van der Waals surface area contributed by atoms with E-state index in [4.69, 9.17) is 4.74 Å². The minimum atomic E-state index is -4.54. The molecule has 23 heavy (non-hydrogen) atoms. The van der Waals surface area contributed by atoms with Crippen LogP contribution in [0.15, 0.2) is 30.6 Å². The summed E-state index contributed by atoms with van der Waals surface area (Å²) in [6, 6.07) is 3.25. The number of hydrogen-bond donors (Lipinski definition) is 1. The van der Waals surface area contributed by atoms with Crippen molar-refractivity contribution in [3.05, 3.63) is 41.9 Å². The van der Waals surface area contributed by atoms with E-state index >= 15 is 0 Å². The summed E-state index contributed by atoms with van der Waals surface area (Å²) in [6.07, 6.45) is -1.93. The molecule has 0 aromatic carbocycles. The Hall–Kier alpha value is -2.42. The van der Waals surface area contributed by atoms with Gasteiger partial charge in [-0.2, -0.15) is 18.3 Å². The van der Waals surface area contributed by atoms with E-state index in [0.717, 1.165) is 22.5 Å². The SMILES string of the molecule is COCc1ccnc(NC(=O)C(C)n2ccc(C(F)(F)F)n2)c1. The van der Waals surface area contributed by atoms with Crippen LogP contribution in [-0.4, -0.2) is 27.8 Å². The number of nitrogens with one attached hydrogen (secondary N) is 1. The van der Waals surface area contributed by atoms with Crippen LogP contribution in [0.4, 0.5) is 19.0 Å². The van der Waals surface area contributed by atoms with E-state index < -0.39 is 23.8 Å².